The van der Waals surface area contributed by atoms with E-state index in [1.807, 2.05) is 18.2 Å². The van der Waals surface area contributed by atoms with Crippen molar-refractivity contribution >= 4 is 0 Å². The highest BCUT2D eigenvalue weighted by Crippen LogP contribution is 2.42. The van der Waals surface area contributed by atoms with Crippen LogP contribution in [0.15, 0.2) is 30.3 Å². The maximum atomic E-state index is 12.5. The van der Waals surface area contributed by atoms with Gasteiger partial charge in [-0.1, -0.05) is 43.2 Å². The van der Waals surface area contributed by atoms with Gasteiger partial charge >= 0.3 is 0 Å². The van der Waals surface area contributed by atoms with Crippen LogP contribution in [0.4, 0.5) is 0 Å². The number of rotatable bonds is 2. The highest BCUT2D eigenvalue weighted by Gasteiger charge is 2.50. The molecule has 0 radical (unpaired) electrons. The lowest BCUT2D eigenvalue weighted by Gasteiger charge is -2.36. The second-order valence-electron chi connectivity index (χ2n) is 5.76. The van der Waals surface area contributed by atoms with E-state index in [1.165, 1.54) is 18.4 Å². The molecule has 4 unspecified atom stereocenters. The maximum Gasteiger partial charge on any atom is 0.128 e. The first-order chi connectivity index (χ1) is 8.67. The highest BCUT2D eigenvalue weighted by molar-refractivity contribution is 5.16. The summed E-state index contributed by atoms with van der Waals surface area (Å²) in [5, 5.41) is 12.5. The lowest BCUT2D eigenvalue weighted by atomic mass is 9.80. The van der Waals surface area contributed by atoms with Crippen LogP contribution in [0.1, 0.15) is 31.2 Å². The van der Waals surface area contributed by atoms with Gasteiger partial charge in [0.25, 0.3) is 0 Å². The van der Waals surface area contributed by atoms with Gasteiger partial charge in [0.2, 0.25) is 0 Å². The molecule has 18 heavy (non-hydrogen) atoms. The SMILES string of the molecule is C[N+]1([O-])OC2CCCCC2C1Cc1ccccc1. The third kappa shape index (κ3) is 2.18. The normalized spacial score (nSPS) is 39.6. The van der Waals surface area contributed by atoms with E-state index in [0.717, 1.165) is 19.3 Å². The van der Waals surface area contributed by atoms with Gasteiger partial charge in [0, 0.05) is 12.3 Å². The summed E-state index contributed by atoms with van der Waals surface area (Å²) in [7, 11) is 1.67. The molecule has 3 heteroatoms. The fourth-order valence-corrected chi connectivity index (χ4v) is 3.56. The fourth-order valence-electron chi connectivity index (χ4n) is 3.56. The molecule has 1 saturated carbocycles. The van der Waals surface area contributed by atoms with Gasteiger partial charge in [-0.05, 0) is 18.4 Å². The first kappa shape index (κ1) is 12.2. The molecule has 0 aromatic heterocycles. The maximum absolute atomic E-state index is 12.5. The van der Waals surface area contributed by atoms with E-state index in [1.54, 1.807) is 7.05 Å². The van der Waals surface area contributed by atoms with Crippen molar-refractivity contribution in [1.82, 2.24) is 0 Å². The number of hydroxylamine groups is 4. The summed E-state index contributed by atoms with van der Waals surface area (Å²) in [5.41, 5.74) is 1.25. The molecule has 0 N–H and O–H groups in total. The standard InChI is InChI=1S/C15H21NO2/c1-16(17)14(11-12-7-3-2-4-8-12)13-9-5-6-10-15(13)18-16/h2-4,7-8,13-15H,5-6,9-11H2,1H3. The second kappa shape index (κ2) is 4.65. The van der Waals surface area contributed by atoms with Crippen molar-refractivity contribution in [3.05, 3.63) is 41.1 Å². The van der Waals surface area contributed by atoms with Crippen molar-refractivity contribution in [3.63, 3.8) is 0 Å². The minimum Gasteiger partial charge on any atom is -0.598 e. The third-order valence-corrected chi connectivity index (χ3v) is 4.48. The molecular formula is C15H21NO2. The van der Waals surface area contributed by atoms with E-state index in [4.69, 9.17) is 4.84 Å². The van der Waals surface area contributed by atoms with Crippen LogP contribution in [0.3, 0.4) is 0 Å². The molecule has 1 aliphatic heterocycles. The minimum absolute atomic E-state index is 0.0673. The molecule has 0 bridgehead atoms. The largest absolute Gasteiger partial charge is 0.598 e. The Morgan fingerprint density at radius 2 is 1.94 bits per heavy atom. The zero-order chi connectivity index (χ0) is 12.6. The van der Waals surface area contributed by atoms with Gasteiger partial charge in [-0.2, -0.15) is 4.84 Å². The number of hydrogen-bond donors (Lipinski definition) is 0. The predicted octanol–water partition coefficient (Wildman–Crippen LogP) is 3.05. The fraction of sp³-hybridized carbons (Fsp3) is 0.600. The third-order valence-electron chi connectivity index (χ3n) is 4.48. The molecular weight excluding hydrogens is 226 g/mol. The molecule has 1 aromatic carbocycles. The zero-order valence-corrected chi connectivity index (χ0v) is 10.9. The number of quaternary nitrogens is 1. The average molecular weight is 247 g/mol. The summed E-state index contributed by atoms with van der Waals surface area (Å²) in [5.74, 6) is 0.446. The average Bonchev–Trinajstić information content (AvgIpc) is 2.62. The van der Waals surface area contributed by atoms with E-state index in [-0.39, 0.29) is 12.1 Å². The first-order valence-electron chi connectivity index (χ1n) is 6.96. The molecule has 4 atom stereocenters. The monoisotopic (exact) mass is 247 g/mol. The Hall–Kier alpha value is -0.900. The molecule has 1 aliphatic carbocycles. The minimum atomic E-state index is -0.510. The van der Waals surface area contributed by atoms with Crippen molar-refractivity contribution in [1.29, 1.82) is 0 Å². The number of fused-ring (bicyclic) bond motifs is 1. The van der Waals surface area contributed by atoms with Crippen LogP contribution in [-0.4, -0.2) is 24.0 Å². The van der Waals surface area contributed by atoms with E-state index in [2.05, 4.69) is 12.1 Å². The van der Waals surface area contributed by atoms with Crippen molar-refractivity contribution < 1.29 is 9.65 Å². The summed E-state index contributed by atoms with van der Waals surface area (Å²) in [6.07, 6.45) is 5.69. The zero-order valence-electron chi connectivity index (χ0n) is 10.9. The van der Waals surface area contributed by atoms with Gasteiger partial charge in [-0.25, -0.2) is 4.81 Å². The quantitative estimate of drug-likeness (QED) is 0.594. The number of hydrogen-bond acceptors (Lipinski definition) is 2. The summed E-state index contributed by atoms with van der Waals surface area (Å²) in [4.78, 5) is 5.21. The number of nitrogens with zero attached hydrogens (tertiary/aromatic N) is 1. The van der Waals surface area contributed by atoms with Gasteiger partial charge in [-0.3, -0.25) is 0 Å². The van der Waals surface area contributed by atoms with E-state index >= 15 is 0 Å². The highest BCUT2D eigenvalue weighted by atomic mass is 16.9. The van der Waals surface area contributed by atoms with Crippen molar-refractivity contribution in [2.75, 3.05) is 7.05 Å². The molecule has 1 aromatic rings. The Morgan fingerprint density at radius 1 is 1.22 bits per heavy atom. The van der Waals surface area contributed by atoms with Gasteiger partial charge in [0.15, 0.2) is 0 Å². The lowest BCUT2D eigenvalue weighted by Crippen LogP contribution is -2.44. The molecule has 98 valence electrons. The molecule has 0 amide bonds. The van der Waals surface area contributed by atoms with Crippen molar-refractivity contribution in [3.8, 4) is 0 Å². The molecule has 2 fully saturated rings. The molecule has 3 rings (SSSR count). The number of benzene rings is 1. The van der Waals surface area contributed by atoms with Gasteiger partial charge < -0.3 is 5.21 Å². The Morgan fingerprint density at radius 3 is 2.72 bits per heavy atom. The van der Waals surface area contributed by atoms with E-state index in [0.29, 0.717) is 5.92 Å². The molecule has 0 spiro atoms. The van der Waals surface area contributed by atoms with Gasteiger partial charge in [-0.15, -0.1) is 0 Å². The Balaban J connectivity index is 1.80. The molecule has 3 nitrogen and oxygen atoms in total. The number of likely N-dealkylation sites (N-methyl/N-ethyl adjacent to an activating group) is 1. The van der Waals surface area contributed by atoms with Crippen molar-refractivity contribution in [2.24, 2.45) is 5.92 Å². The Bertz CT molecular complexity index is 404. The summed E-state index contributed by atoms with van der Waals surface area (Å²) >= 11 is 0. The van der Waals surface area contributed by atoms with Crippen LogP contribution in [0, 0.1) is 11.1 Å². The van der Waals surface area contributed by atoms with Crippen LogP contribution in [0.2, 0.25) is 0 Å². The summed E-state index contributed by atoms with van der Waals surface area (Å²) in [6.45, 7) is 0. The van der Waals surface area contributed by atoms with Crippen LogP contribution >= 0.6 is 0 Å². The lowest BCUT2D eigenvalue weighted by molar-refractivity contribution is -1.06. The Labute approximate surface area is 108 Å². The first-order valence-corrected chi connectivity index (χ1v) is 6.96. The van der Waals surface area contributed by atoms with E-state index in [9.17, 15) is 5.21 Å². The summed E-state index contributed by atoms with van der Waals surface area (Å²) in [6, 6.07) is 10.4. The predicted molar refractivity (Wildman–Crippen MR) is 70.3 cm³/mol. The molecule has 2 aliphatic rings. The van der Waals surface area contributed by atoms with Gasteiger partial charge in [0.1, 0.15) is 12.1 Å². The van der Waals surface area contributed by atoms with Gasteiger partial charge in [0.05, 0.1) is 7.05 Å². The second-order valence-corrected chi connectivity index (χ2v) is 5.76. The Kier molecular flexibility index (Phi) is 3.14. The molecule has 1 saturated heterocycles. The van der Waals surface area contributed by atoms with Crippen LogP contribution in [0.25, 0.3) is 0 Å². The smallest absolute Gasteiger partial charge is 0.128 e. The van der Waals surface area contributed by atoms with Crippen LogP contribution < -0.4 is 0 Å². The van der Waals surface area contributed by atoms with Crippen LogP contribution in [0.5, 0.6) is 0 Å². The molecule has 1 heterocycles. The van der Waals surface area contributed by atoms with Crippen molar-refractivity contribution in [2.45, 2.75) is 44.2 Å². The van der Waals surface area contributed by atoms with Crippen LogP contribution in [-0.2, 0) is 11.3 Å². The summed E-state index contributed by atoms with van der Waals surface area (Å²) < 4.78 is 0. The topological polar surface area (TPSA) is 32.3 Å². The van der Waals surface area contributed by atoms with E-state index < -0.39 is 4.81 Å².